The number of carbonyl (C=O) groups is 2. The Kier molecular flexibility index (Phi) is 7.25. The van der Waals surface area contributed by atoms with E-state index in [-0.39, 0.29) is 18.4 Å². The first-order chi connectivity index (χ1) is 9.54. The SMILES string of the molecule is COCCCN(CC(=O)Nc1ccccc1Br)C(C)=O. The third kappa shape index (κ3) is 5.71. The van der Waals surface area contributed by atoms with Crippen molar-refractivity contribution in [2.24, 2.45) is 0 Å². The van der Waals surface area contributed by atoms with Crippen molar-refractivity contribution in [3.05, 3.63) is 28.7 Å². The molecule has 0 radical (unpaired) electrons. The van der Waals surface area contributed by atoms with Gasteiger partial charge < -0.3 is 15.0 Å². The number of nitrogens with one attached hydrogen (secondary N) is 1. The Balaban J connectivity index is 2.54. The van der Waals surface area contributed by atoms with E-state index in [2.05, 4.69) is 21.2 Å². The van der Waals surface area contributed by atoms with Crippen LogP contribution in [-0.2, 0) is 14.3 Å². The highest BCUT2D eigenvalue weighted by Crippen LogP contribution is 2.20. The number of benzene rings is 1. The fraction of sp³-hybridized carbons (Fsp3) is 0.429. The summed E-state index contributed by atoms with van der Waals surface area (Å²) in [4.78, 5) is 24.9. The van der Waals surface area contributed by atoms with Crippen LogP contribution >= 0.6 is 15.9 Å². The van der Waals surface area contributed by atoms with E-state index in [1.165, 1.54) is 11.8 Å². The number of rotatable bonds is 7. The molecular formula is C14H19BrN2O3. The largest absolute Gasteiger partial charge is 0.385 e. The first-order valence-corrected chi connectivity index (χ1v) is 7.12. The first kappa shape index (κ1) is 16.7. The molecule has 6 heteroatoms. The number of hydrogen-bond donors (Lipinski definition) is 1. The van der Waals surface area contributed by atoms with E-state index in [1.54, 1.807) is 13.2 Å². The Morgan fingerprint density at radius 2 is 2.05 bits per heavy atom. The molecule has 0 heterocycles. The van der Waals surface area contributed by atoms with Crippen LogP contribution in [0.2, 0.25) is 0 Å². The summed E-state index contributed by atoms with van der Waals surface area (Å²) in [6.45, 7) is 2.57. The number of methoxy groups -OCH3 is 1. The van der Waals surface area contributed by atoms with Gasteiger partial charge in [-0.3, -0.25) is 9.59 Å². The van der Waals surface area contributed by atoms with Gasteiger partial charge in [-0.15, -0.1) is 0 Å². The smallest absolute Gasteiger partial charge is 0.244 e. The second kappa shape index (κ2) is 8.71. The molecule has 0 aliphatic heterocycles. The average molecular weight is 343 g/mol. The molecule has 1 aromatic carbocycles. The van der Waals surface area contributed by atoms with Crippen molar-refractivity contribution in [1.82, 2.24) is 4.90 Å². The molecule has 20 heavy (non-hydrogen) atoms. The molecule has 1 aromatic rings. The molecule has 5 nitrogen and oxygen atoms in total. The van der Waals surface area contributed by atoms with Crippen molar-refractivity contribution in [2.75, 3.05) is 32.1 Å². The predicted octanol–water partition coefficient (Wildman–Crippen LogP) is 2.27. The van der Waals surface area contributed by atoms with Crippen LogP contribution in [0.1, 0.15) is 13.3 Å². The van der Waals surface area contributed by atoms with Gasteiger partial charge in [0.2, 0.25) is 11.8 Å². The van der Waals surface area contributed by atoms with Gasteiger partial charge in [0, 0.05) is 31.7 Å². The molecule has 0 fully saturated rings. The minimum absolute atomic E-state index is 0.0420. The van der Waals surface area contributed by atoms with Gasteiger partial charge in [0.25, 0.3) is 0 Å². The van der Waals surface area contributed by atoms with Crippen LogP contribution in [0.5, 0.6) is 0 Å². The number of anilines is 1. The lowest BCUT2D eigenvalue weighted by molar-refractivity contribution is -0.132. The standard InChI is InChI=1S/C14H19BrN2O3/c1-11(18)17(8-5-9-20-2)10-14(19)16-13-7-4-3-6-12(13)15/h3-4,6-7H,5,8-10H2,1-2H3,(H,16,19). The molecule has 1 rings (SSSR count). The zero-order chi connectivity index (χ0) is 15.0. The second-order valence-corrected chi connectivity index (χ2v) is 5.17. The van der Waals surface area contributed by atoms with Crippen LogP contribution in [0.25, 0.3) is 0 Å². The van der Waals surface area contributed by atoms with Gasteiger partial charge in [-0.2, -0.15) is 0 Å². The fourth-order valence-corrected chi connectivity index (χ4v) is 2.06. The van der Waals surface area contributed by atoms with E-state index in [0.29, 0.717) is 25.3 Å². The van der Waals surface area contributed by atoms with E-state index < -0.39 is 0 Å². The van der Waals surface area contributed by atoms with Crippen molar-refractivity contribution in [3.63, 3.8) is 0 Å². The van der Waals surface area contributed by atoms with Crippen LogP contribution in [0.15, 0.2) is 28.7 Å². The van der Waals surface area contributed by atoms with Gasteiger partial charge in [-0.05, 0) is 34.5 Å². The molecule has 0 aromatic heterocycles. The molecule has 0 bridgehead atoms. The highest BCUT2D eigenvalue weighted by molar-refractivity contribution is 9.10. The Morgan fingerprint density at radius 3 is 2.65 bits per heavy atom. The summed E-state index contributed by atoms with van der Waals surface area (Å²) in [5.74, 6) is -0.340. The van der Waals surface area contributed by atoms with Gasteiger partial charge in [-0.1, -0.05) is 12.1 Å². The number of nitrogens with zero attached hydrogens (tertiary/aromatic N) is 1. The molecule has 2 amide bonds. The number of ether oxygens (including phenoxy) is 1. The number of amides is 2. The molecule has 0 spiro atoms. The minimum Gasteiger partial charge on any atom is -0.385 e. The van der Waals surface area contributed by atoms with Crippen molar-refractivity contribution >= 4 is 33.4 Å². The number of para-hydroxylation sites is 1. The summed E-state index contributed by atoms with van der Waals surface area (Å²) >= 11 is 3.36. The monoisotopic (exact) mass is 342 g/mol. The molecule has 0 atom stereocenters. The highest BCUT2D eigenvalue weighted by atomic mass is 79.9. The maximum Gasteiger partial charge on any atom is 0.244 e. The normalized spacial score (nSPS) is 10.2. The van der Waals surface area contributed by atoms with Gasteiger partial charge in [-0.25, -0.2) is 0 Å². The fourth-order valence-electron chi connectivity index (χ4n) is 1.67. The van der Waals surface area contributed by atoms with Crippen LogP contribution < -0.4 is 5.32 Å². The average Bonchev–Trinajstić information content (AvgIpc) is 2.40. The van der Waals surface area contributed by atoms with Gasteiger partial charge >= 0.3 is 0 Å². The Bertz CT molecular complexity index is 465. The zero-order valence-electron chi connectivity index (χ0n) is 11.7. The van der Waals surface area contributed by atoms with Crippen molar-refractivity contribution in [1.29, 1.82) is 0 Å². The molecule has 0 saturated heterocycles. The number of hydrogen-bond acceptors (Lipinski definition) is 3. The molecule has 0 saturated carbocycles. The topological polar surface area (TPSA) is 58.6 Å². The van der Waals surface area contributed by atoms with E-state index in [0.717, 1.165) is 4.47 Å². The van der Waals surface area contributed by atoms with E-state index in [4.69, 9.17) is 4.74 Å². The molecular weight excluding hydrogens is 324 g/mol. The number of carbonyl (C=O) groups excluding carboxylic acids is 2. The summed E-state index contributed by atoms with van der Waals surface area (Å²) in [7, 11) is 1.61. The zero-order valence-corrected chi connectivity index (χ0v) is 13.3. The van der Waals surface area contributed by atoms with Crippen LogP contribution in [-0.4, -0.2) is 43.5 Å². The Morgan fingerprint density at radius 1 is 1.35 bits per heavy atom. The number of halogens is 1. The second-order valence-electron chi connectivity index (χ2n) is 4.31. The molecule has 0 aliphatic rings. The quantitative estimate of drug-likeness (QED) is 0.773. The third-order valence-corrected chi connectivity index (χ3v) is 3.40. The summed E-state index contributed by atoms with van der Waals surface area (Å²) in [6.07, 6.45) is 0.707. The van der Waals surface area contributed by atoms with Gasteiger partial charge in [0.1, 0.15) is 0 Å². The Labute approximate surface area is 127 Å². The first-order valence-electron chi connectivity index (χ1n) is 6.33. The molecule has 0 aliphatic carbocycles. The lowest BCUT2D eigenvalue weighted by atomic mass is 10.3. The Hall–Kier alpha value is -1.40. The van der Waals surface area contributed by atoms with Gasteiger partial charge in [0.15, 0.2) is 0 Å². The van der Waals surface area contributed by atoms with E-state index in [1.807, 2.05) is 18.2 Å². The molecule has 0 unspecified atom stereocenters. The van der Waals surface area contributed by atoms with Crippen LogP contribution in [0, 0.1) is 0 Å². The highest BCUT2D eigenvalue weighted by Gasteiger charge is 2.14. The van der Waals surface area contributed by atoms with Gasteiger partial charge in [0.05, 0.1) is 12.2 Å². The van der Waals surface area contributed by atoms with E-state index in [9.17, 15) is 9.59 Å². The van der Waals surface area contributed by atoms with Crippen molar-refractivity contribution in [3.8, 4) is 0 Å². The predicted molar refractivity (Wildman–Crippen MR) is 81.5 cm³/mol. The molecule has 1 N–H and O–H groups in total. The lowest BCUT2D eigenvalue weighted by Gasteiger charge is -2.20. The van der Waals surface area contributed by atoms with E-state index >= 15 is 0 Å². The van der Waals surface area contributed by atoms with Crippen molar-refractivity contribution < 1.29 is 14.3 Å². The summed E-state index contributed by atoms with van der Waals surface area (Å²) in [5.41, 5.74) is 0.692. The van der Waals surface area contributed by atoms with Crippen molar-refractivity contribution in [2.45, 2.75) is 13.3 Å². The summed E-state index contributed by atoms with van der Waals surface area (Å²) < 4.78 is 5.75. The maximum atomic E-state index is 12.0. The lowest BCUT2D eigenvalue weighted by Crippen LogP contribution is -2.37. The van der Waals surface area contributed by atoms with Crippen LogP contribution in [0.4, 0.5) is 5.69 Å². The molecule has 110 valence electrons. The third-order valence-electron chi connectivity index (χ3n) is 2.70. The van der Waals surface area contributed by atoms with Crippen LogP contribution in [0.3, 0.4) is 0 Å². The summed E-state index contributed by atoms with van der Waals surface area (Å²) in [5, 5.41) is 2.78. The minimum atomic E-state index is -0.218. The summed E-state index contributed by atoms with van der Waals surface area (Å²) in [6, 6.07) is 7.34. The maximum absolute atomic E-state index is 12.0.